The van der Waals surface area contributed by atoms with Crippen molar-refractivity contribution in [3.05, 3.63) is 5.56 Å². The standard InChI is InChI=1S/C9H11NO7/c10-3(9(16)17)1-2-4(11)6(13)8(15)7(14)5(2)12/h3,11-15H,1,10H2,(H,16,17). The third-order valence-corrected chi connectivity index (χ3v) is 2.21. The molecule has 0 amide bonds. The fraction of sp³-hybridized carbons (Fsp3) is 0.222. The lowest BCUT2D eigenvalue weighted by molar-refractivity contribution is -0.138. The normalized spacial score (nSPS) is 12.3. The number of hydrogen-bond donors (Lipinski definition) is 7. The van der Waals surface area contributed by atoms with Gasteiger partial charge in [0, 0.05) is 12.0 Å². The highest BCUT2D eigenvalue weighted by atomic mass is 16.4. The average molecular weight is 245 g/mol. The summed E-state index contributed by atoms with van der Waals surface area (Å²) < 4.78 is 0. The molecule has 8 heteroatoms. The molecule has 17 heavy (non-hydrogen) atoms. The van der Waals surface area contributed by atoms with E-state index < -0.39 is 52.7 Å². The van der Waals surface area contributed by atoms with E-state index in [2.05, 4.69) is 0 Å². The lowest BCUT2D eigenvalue weighted by Gasteiger charge is -2.13. The number of rotatable bonds is 3. The van der Waals surface area contributed by atoms with Gasteiger partial charge >= 0.3 is 5.97 Å². The molecule has 0 saturated heterocycles. The van der Waals surface area contributed by atoms with E-state index in [4.69, 9.17) is 15.9 Å². The number of aliphatic carboxylic acids is 1. The zero-order valence-electron chi connectivity index (χ0n) is 8.45. The quantitative estimate of drug-likeness (QED) is 0.267. The molecule has 0 aromatic heterocycles. The molecule has 8 nitrogen and oxygen atoms in total. The van der Waals surface area contributed by atoms with Crippen molar-refractivity contribution in [3.8, 4) is 28.7 Å². The summed E-state index contributed by atoms with van der Waals surface area (Å²) in [6.45, 7) is 0. The van der Waals surface area contributed by atoms with Crippen LogP contribution in [-0.4, -0.2) is 42.7 Å². The van der Waals surface area contributed by atoms with Crippen LogP contribution in [0, 0.1) is 0 Å². The molecule has 0 aliphatic carbocycles. The molecule has 1 unspecified atom stereocenters. The van der Waals surface area contributed by atoms with Crippen LogP contribution in [0.4, 0.5) is 0 Å². The minimum Gasteiger partial charge on any atom is -0.504 e. The maximum Gasteiger partial charge on any atom is 0.320 e. The Hall–Kier alpha value is -2.35. The predicted molar refractivity (Wildman–Crippen MR) is 54.1 cm³/mol. The van der Waals surface area contributed by atoms with E-state index in [0.29, 0.717) is 0 Å². The lowest BCUT2D eigenvalue weighted by Crippen LogP contribution is -2.32. The van der Waals surface area contributed by atoms with Crippen LogP contribution >= 0.6 is 0 Å². The molecule has 0 saturated carbocycles. The van der Waals surface area contributed by atoms with Crippen LogP contribution in [0.1, 0.15) is 5.56 Å². The largest absolute Gasteiger partial charge is 0.504 e. The first-order chi connectivity index (χ1) is 7.77. The Kier molecular flexibility index (Phi) is 3.19. The molecule has 0 heterocycles. The number of carboxylic acid groups (broad SMARTS) is 1. The summed E-state index contributed by atoms with van der Waals surface area (Å²) in [6, 6.07) is -1.45. The molecule has 0 aliphatic rings. The zero-order chi connectivity index (χ0) is 13.3. The fourth-order valence-corrected chi connectivity index (χ4v) is 1.24. The third-order valence-electron chi connectivity index (χ3n) is 2.21. The van der Waals surface area contributed by atoms with Crippen LogP contribution in [0.5, 0.6) is 28.7 Å². The van der Waals surface area contributed by atoms with E-state index in [1.807, 2.05) is 0 Å². The van der Waals surface area contributed by atoms with E-state index in [1.54, 1.807) is 0 Å². The van der Waals surface area contributed by atoms with Crippen molar-refractivity contribution in [2.75, 3.05) is 0 Å². The second-order valence-electron chi connectivity index (χ2n) is 3.37. The number of carbonyl (C=O) groups is 1. The maximum atomic E-state index is 10.5. The topological polar surface area (TPSA) is 164 Å². The Bertz CT molecular complexity index is 442. The zero-order valence-corrected chi connectivity index (χ0v) is 8.45. The minimum absolute atomic E-state index is 0.465. The average Bonchev–Trinajstić information content (AvgIpc) is 2.29. The molecule has 94 valence electrons. The first-order valence-corrected chi connectivity index (χ1v) is 4.43. The second kappa shape index (κ2) is 4.26. The van der Waals surface area contributed by atoms with Gasteiger partial charge in [-0.2, -0.15) is 0 Å². The predicted octanol–water partition coefficient (Wildman–Crippen LogP) is -0.831. The van der Waals surface area contributed by atoms with E-state index in [-0.39, 0.29) is 0 Å². The molecule has 0 bridgehead atoms. The monoisotopic (exact) mass is 245 g/mol. The Morgan fingerprint density at radius 2 is 1.29 bits per heavy atom. The maximum absolute atomic E-state index is 10.5. The Morgan fingerprint density at radius 3 is 1.65 bits per heavy atom. The molecule has 1 aromatic carbocycles. The lowest BCUT2D eigenvalue weighted by atomic mass is 10.0. The molecule has 0 aliphatic heterocycles. The highest BCUT2D eigenvalue weighted by molar-refractivity contribution is 5.75. The Balaban J connectivity index is 3.30. The molecular formula is C9H11NO7. The summed E-state index contributed by atoms with van der Waals surface area (Å²) >= 11 is 0. The molecule has 0 radical (unpaired) electrons. The first kappa shape index (κ1) is 12.7. The van der Waals surface area contributed by atoms with Gasteiger partial charge in [0.2, 0.25) is 17.2 Å². The van der Waals surface area contributed by atoms with Crippen LogP contribution in [0.25, 0.3) is 0 Å². The van der Waals surface area contributed by atoms with Gasteiger partial charge in [-0.05, 0) is 0 Å². The van der Waals surface area contributed by atoms with Gasteiger partial charge in [0.1, 0.15) is 6.04 Å². The van der Waals surface area contributed by atoms with Crippen LogP contribution in [-0.2, 0) is 11.2 Å². The van der Waals surface area contributed by atoms with E-state index in [9.17, 15) is 25.2 Å². The Labute approximate surface area is 94.8 Å². The number of hydrogen-bond acceptors (Lipinski definition) is 7. The molecule has 0 spiro atoms. The number of nitrogens with two attached hydrogens (primary N) is 1. The van der Waals surface area contributed by atoms with Crippen LogP contribution < -0.4 is 5.73 Å². The summed E-state index contributed by atoms with van der Waals surface area (Å²) in [5.41, 5.74) is 4.71. The van der Waals surface area contributed by atoms with Gasteiger partial charge in [0.15, 0.2) is 11.5 Å². The van der Waals surface area contributed by atoms with Crippen LogP contribution in [0.2, 0.25) is 0 Å². The minimum atomic E-state index is -1.45. The van der Waals surface area contributed by atoms with Crippen LogP contribution in [0.15, 0.2) is 0 Å². The van der Waals surface area contributed by atoms with Gasteiger partial charge in [0.05, 0.1) is 0 Å². The van der Waals surface area contributed by atoms with Gasteiger partial charge < -0.3 is 36.4 Å². The molecule has 0 fully saturated rings. The number of carboxylic acids is 1. The van der Waals surface area contributed by atoms with Crippen molar-refractivity contribution >= 4 is 5.97 Å². The summed E-state index contributed by atoms with van der Waals surface area (Å²) in [5.74, 6) is -6.49. The van der Waals surface area contributed by atoms with Crippen molar-refractivity contribution in [2.45, 2.75) is 12.5 Å². The van der Waals surface area contributed by atoms with Gasteiger partial charge in [-0.3, -0.25) is 4.79 Å². The van der Waals surface area contributed by atoms with E-state index >= 15 is 0 Å². The van der Waals surface area contributed by atoms with Crippen LogP contribution in [0.3, 0.4) is 0 Å². The summed E-state index contributed by atoms with van der Waals surface area (Å²) in [5, 5.41) is 54.8. The van der Waals surface area contributed by atoms with Gasteiger partial charge in [-0.25, -0.2) is 0 Å². The molecule has 1 atom stereocenters. The van der Waals surface area contributed by atoms with E-state index in [0.717, 1.165) is 0 Å². The molecule has 1 rings (SSSR count). The highest BCUT2D eigenvalue weighted by Gasteiger charge is 2.25. The van der Waals surface area contributed by atoms with Crippen molar-refractivity contribution in [3.63, 3.8) is 0 Å². The SMILES string of the molecule is NC(Cc1c(O)c(O)c(O)c(O)c1O)C(=O)O. The van der Waals surface area contributed by atoms with Crippen molar-refractivity contribution in [1.82, 2.24) is 0 Å². The highest BCUT2D eigenvalue weighted by Crippen LogP contribution is 2.50. The summed E-state index contributed by atoms with van der Waals surface area (Å²) in [7, 11) is 0. The van der Waals surface area contributed by atoms with Crippen molar-refractivity contribution in [1.29, 1.82) is 0 Å². The number of phenols is 5. The molecule has 1 aromatic rings. The fourth-order valence-electron chi connectivity index (χ4n) is 1.24. The van der Waals surface area contributed by atoms with E-state index in [1.165, 1.54) is 0 Å². The third kappa shape index (κ3) is 2.11. The number of aromatic hydroxyl groups is 5. The summed E-state index contributed by atoms with van der Waals surface area (Å²) in [6.07, 6.45) is -0.533. The van der Waals surface area contributed by atoms with Crippen molar-refractivity contribution < 1.29 is 35.4 Å². The Morgan fingerprint density at radius 1 is 0.941 bits per heavy atom. The van der Waals surface area contributed by atoms with Gasteiger partial charge in [0.25, 0.3) is 0 Å². The second-order valence-corrected chi connectivity index (χ2v) is 3.37. The summed E-state index contributed by atoms with van der Waals surface area (Å²) in [4.78, 5) is 10.5. The van der Waals surface area contributed by atoms with Gasteiger partial charge in [-0.15, -0.1) is 0 Å². The molecule has 8 N–H and O–H groups in total. The van der Waals surface area contributed by atoms with Gasteiger partial charge in [-0.1, -0.05) is 0 Å². The smallest absolute Gasteiger partial charge is 0.320 e. The van der Waals surface area contributed by atoms with Crippen molar-refractivity contribution in [2.24, 2.45) is 5.73 Å². The number of benzene rings is 1. The number of phenolic OH excluding ortho intramolecular Hbond substituents is 5. The first-order valence-electron chi connectivity index (χ1n) is 4.43. The molecular weight excluding hydrogens is 234 g/mol.